The Hall–Kier alpha value is -2.03. The summed E-state index contributed by atoms with van der Waals surface area (Å²) < 4.78 is 0. The largest absolute Gasteiger partial charge is 0.396 e. The predicted molar refractivity (Wildman–Crippen MR) is 75.2 cm³/mol. The van der Waals surface area contributed by atoms with E-state index >= 15 is 0 Å². The highest BCUT2D eigenvalue weighted by atomic mass is 15.2. The Labute approximate surface area is 107 Å². The number of fused-ring (bicyclic) bond motifs is 1. The zero-order valence-corrected chi connectivity index (χ0v) is 10.6. The second-order valence-corrected chi connectivity index (χ2v) is 4.75. The van der Waals surface area contributed by atoms with Crippen LogP contribution in [0.3, 0.4) is 0 Å². The van der Waals surface area contributed by atoms with Crippen molar-refractivity contribution >= 4 is 17.2 Å². The number of anilines is 3. The number of nitrogens with two attached hydrogens (primary N) is 1. The minimum absolute atomic E-state index is 0.786. The molecule has 3 rings (SSSR count). The van der Waals surface area contributed by atoms with Crippen LogP contribution < -0.4 is 10.6 Å². The van der Waals surface area contributed by atoms with E-state index in [1.54, 1.807) is 0 Å². The summed E-state index contributed by atoms with van der Waals surface area (Å²) in [6.45, 7) is 3.01. The molecule has 2 heterocycles. The van der Waals surface area contributed by atoms with Crippen molar-refractivity contribution in [2.75, 3.05) is 17.2 Å². The van der Waals surface area contributed by atoms with Crippen LogP contribution in [0.5, 0.6) is 0 Å². The zero-order valence-electron chi connectivity index (χ0n) is 10.6. The van der Waals surface area contributed by atoms with Gasteiger partial charge in [-0.3, -0.25) is 0 Å². The van der Waals surface area contributed by atoms with Crippen LogP contribution >= 0.6 is 0 Å². The van der Waals surface area contributed by atoms with Crippen LogP contribution in [0.4, 0.5) is 17.2 Å². The van der Waals surface area contributed by atoms with E-state index in [0.717, 1.165) is 36.5 Å². The fraction of sp³-hybridized carbons (Fsp3) is 0.267. The van der Waals surface area contributed by atoms with Crippen LogP contribution in [0.15, 0.2) is 36.5 Å². The quantitative estimate of drug-likeness (QED) is 0.831. The second-order valence-electron chi connectivity index (χ2n) is 4.75. The Bertz CT molecular complexity index is 578. The molecule has 1 aromatic heterocycles. The summed E-state index contributed by atoms with van der Waals surface area (Å²) in [5.74, 6) is 0.891. The number of hydrogen-bond acceptors (Lipinski definition) is 3. The van der Waals surface area contributed by atoms with Crippen molar-refractivity contribution in [1.29, 1.82) is 0 Å². The molecule has 2 N–H and O–H groups in total. The topological polar surface area (TPSA) is 42.2 Å². The molecule has 1 aliphatic rings. The maximum absolute atomic E-state index is 6.17. The van der Waals surface area contributed by atoms with E-state index < -0.39 is 0 Å². The molecule has 1 aromatic carbocycles. The molecule has 1 aliphatic heterocycles. The Morgan fingerprint density at radius 2 is 2.06 bits per heavy atom. The standard InChI is InChI=1S/C15H17N3/c1-11-8-9-17-15(14(11)16)18-10-4-6-12-5-2-3-7-13(12)18/h2-3,5,7-9H,4,6,10,16H2,1H3. The normalized spacial score (nSPS) is 14.4. The van der Waals surface area contributed by atoms with Crippen molar-refractivity contribution in [2.45, 2.75) is 19.8 Å². The van der Waals surface area contributed by atoms with E-state index in [4.69, 9.17) is 5.73 Å². The minimum atomic E-state index is 0.786. The number of nitrogens with zero attached hydrogens (tertiary/aromatic N) is 2. The third-order valence-electron chi connectivity index (χ3n) is 3.55. The van der Waals surface area contributed by atoms with Gasteiger partial charge in [0, 0.05) is 18.4 Å². The molecule has 0 radical (unpaired) electrons. The SMILES string of the molecule is Cc1ccnc(N2CCCc3ccccc32)c1N. The lowest BCUT2D eigenvalue weighted by Gasteiger charge is -2.31. The molecule has 0 fully saturated rings. The highest BCUT2D eigenvalue weighted by molar-refractivity contribution is 5.75. The molecule has 2 aromatic rings. The van der Waals surface area contributed by atoms with Crippen molar-refractivity contribution in [2.24, 2.45) is 0 Å². The lowest BCUT2D eigenvalue weighted by Crippen LogP contribution is -2.26. The smallest absolute Gasteiger partial charge is 0.156 e. The third-order valence-corrected chi connectivity index (χ3v) is 3.55. The molecule has 3 heteroatoms. The number of hydrogen-bond donors (Lipinski definition) is 1. The van der Waals surface area contributed by atoms with Gasteiger partial charge in [0.05, 0.1) is 5.69 Å². The van der Waals surface area contributed by atoms with E-state index in [9.17, 15) is 0 Å². The molecular formula is C15H17N3. The van der Waals surface area contributed by atoms with E-state index in [2.05, 4.69) is 34.1 Å². The number of nitrogen functional groups attached to an aromatic ring is 1. The molecule has 0 atom stereocenters. The Kier molecular flexibility index (Phi) is 2.67. The van der Waals surface area contributed by atoms with Crippen molar-refractivity contribution in [1.82, 2.24) is 4.98 Å². The van der Waals surface area contributed by atoms with Gasteiger partial charge in [-0.25, -0.2) is 4.98 Å². The van der Waals surface area contributed by atoms with E-state index in [1.807, 2.05) is 19.2 Å². The molecule has 0 bridgehead atoms. The first-order valence-corrected chi connectivity index (χ1v) is 6.34. The van der Waals surface area contributed by atoms with Crippen LogP contribution in [-0.2, 0) is 6.42 Å². The summed E-state index contributed by atoms with van der Waals surface area (Å²) in [6.07, 6.45) is 4.11. The zero-order chi connectivity index (χ0) is 12.5. The number of pyridine rings is 1. The number of benzene rings is 1. The van der Waals surface area contributed by atoms with Gasteiger partial charge in [-0.15, -0.1) is 0 Å². The summed E-state index contributed by atoms with van der Waals surface area (Å²) in [5.41, 5.74) is 10.7. The maximum atomic E-state index is 6.17. The monoisotopic (exact) mass is 239 g/mol. The van der Waals surface area contributed by atoms with Gasteiger partial charge < -0.3 is 10.6 Å². The second kappa shape index (κ2) is 4.33. The van der Waals surface area contributed by atoms with Gasteiger partial charge in [0.15, 0.2) is 5.82 Å². The highest BCUT2D eigenvalue weighted by Gasteiger charge is 2.20. The predicted octanol–water partition coefficient (Wildman–Crippen LogP) is 3.06. The molecule has 0 saturated heterocycles. The third kappa shape index (κ3) is 1.72. The summed E-state index contributed by atoms with van der Waals surface area (Å²) in [6, 6.07) is 10.5. The average molecular weight is 239 g/mol. The number of para-hydroxylation sites is 1. The summed E-state index contributed by atoms with van der Waals surface area (Å²) in [7, 11) is 0. The van der Waals surface area contributed by atoms with Crippen molar-refractivity contribution in [3.05, 3.63) is 47.7 Å². The molecule has 0 aliphatic carbocycles. The number of aryl methyl sites for hydroxylation is 2. The maximum Gasteiger partial charge on any atom is 0.156 e. The molecule has 3 nitrogen and oxygen atoms in total. The molecule has 0 amide bonds. The Morgan fingerprint density at radius 3 is 2.94 bits per heavy atom. The first kappa shape index (κ1) is 11.1. The molecule has 0 unspecified atom stereocenters. The van der Waals surface area contributed by atoms with E-state index in [1.165, 1.54) is 11.3 Å². The summed E-state index contributed by atoms with van der Waals surface area (Å²) in [4.78, 5) is 6.70. The van der Waals surface area contributed by atoms with Gasteiger partial charge in [0.1, 0.15) is 0 Å². The van der Waals surface area contributed by atoms with Gasteiger partial charge >= 0.3 is 0 Å². The molecule has 18 heavy (non-hydrogen) atoms. The molecular weight excluding hydrogens is 222 g/mol. The summed E-state index contributed by atoms with van der Waals surface area (Å²) in [5, 5.41) is 0. The van der Waals surface area contributed by atoms with Gasteiger partial charge in [-0.2, -0.15) is 0 Å². The molecule has 0 saturated carbocycles. The van der Waals surface area contributed by atoms with Crippen molar-refractivity contribution in [3.63, 3.8) is 0 Å². The van der Waals surface area contributed by atoms with Gasteiger partial charge in [-0.05, 0) is 43.0 Å². The lowest BCUT2D eigenvalue weighted by atomic mass is 10.0. The van der Waals surface area contributed by atoms with E-state index in [-0.39, 0.29) is 0 Å². The van der Waals surface area contributed by atoms with Gasteiger partial charge in [0.25, 0.3) is 0 Å². The Balaban J connectivity index is 2.11. The van der Waals surface area contributed by atoms with Gasteiger partial charge in [0.2, 0.25) is 0 Å². The lowest BCUT2D eigenvalue weighted by molar-refractivity contribution is 0.760. The molecule has 0 spiro atoms. The van der Waals surface area contributed by atoms with Crippen molar-refractivity contribution < 1.29 is 0 Å². The van der Waals surface area contributed by atoms with Crippen LogP contribution in [0.25, 0.3) is 0 Å². The van der Waals surface area contributed by atoms with Gasteiger partial charge in [-0.1, -0.05) is 18.2 Å². The van der Waals surface area contributed by atoms with Crippen LogP contribution in [0.2, 0.25) is 0 Å². The fourth-order valence-corrected chi connectivity index (χ4v) is 2.52. The summed E-state index contributed by atoms with van der Waals surface area (Å²) >= 11 is 0. The minimum Gasteiger partial charge on any atom is -0.396 e. The fourth-order valence-electron chi connectivity index (χ4n) is 2.52. The first-order chi connectivity index (χ1) is 8.77. The van der Waals surface area contributed by atoms with Crippen LogP contribution in [0, 0.1) is 6.92 Å². The highest BCUT2D eigenvalue weighted by Crippen LogP contribution is 2.35. The molecule has 92 valence electrons. The van der Waals surface area contributed by atoms with Crippen LogP contribution in [-0.4, -0.2) is 11.5 Å². The van der Waals surface area contributed by atoms with Crippen molar-refractivity contribution in [3.8, 4) is 0 Å². The van der Waals surface area contributed by atoms with Crippen LogP contribution in [0.1, 0.15) is 17.5 Å². The van der Waals surface area contributed by atoms with E-state index in [0.29, 0.717) is 0 Å². The average Bonchev–Trinajstić information content (AvgIpc) is 2.41. The number of rotatable bonds is 1. The first-order valence-electron chi connectivity index (χ1n) is 6.34. The Morgan fingerprint density at radius 1 is 1.22 bits per heavy atom. The number of aromatic nitrogens is 1.